The average Bonchev–Trinajstić information content (AvgIpc) is 3.09. The zero-order valence-corrected chi connectivity index (χ0v) is 9.46. The van der Waals surface area contributed by atoms with Gasteiger partial charge in [0.2, 0.25) is 0 Å². The fraction of sp³-hybridized carbons (Fsp3) is 0.909. The summed E-state index contributed by atoms with van der Waals surface area (Å²) in [5, 5.41) is 3.21. The molecule has 0 aliphatic heterocycles. The van der Waals surface area contributed by atoms with Crippen LogP contribution in [0, 0.1) is 5.41 Å². The summed E-state index contributed by atoms with van der Waals surface area (Å²) in [5.41, 5.74) is 6.19. The first-order chi connectivity index (χ1) is 7.24. The number of nitrogens with two attached hydrogens (primary N) is 1. The molecule has 0 radical (unpaired) electrons. The highest BCUT2D eigenvalue weighted by atomic mass is 16.5. The number of nitrogens with one attached hydrogen (secondary N) is 1. The fourth-order valence-corrected chi connectivity index (χ4v) is 1.72. The Morgan fingerprint density at radius 3 is 2.80 bits per heavy atom. The minimum Gasteiger partial charge on any atom is -0.385 e. The van der Waals surface area contributed by atoms with Crippen molar-refractivity contribution in [3.05, 3.63) is 0 Å². The van der Waals surface area contributed by atoms with E-state index in [-0.39, 0.29) is 0 Å². The number of nitrogens with zero attached hydrogens (tertiary/aromatic N) is 1. The van der Waals surface area contributed by atoms with E-state index in [2.05, 4.69) is 10.3 Å². The van der Waals surface area contributed by atoms with Crippen molar-refractivity contribution in [2.24, 2.45) is 16.1 Å². The lowest BCUT2D eigenvalue weighted by atomic mass is 10.0. The van der Waals surface area contributed by atoms with Crippen LogP contribution in [0.15, 0.2) is 4.99 Å². The highest BCUT2D eigenvalue weighted by molar-refractivity contribution is 5.78. The lowest BCUT2D eigenvalue weighted by Crippen LogP contribution is -2.34. The van der Waals surface area contributed by atoms with Gasteiger partial charge in [-0.15, -0.1) is 0 Å². The Morgan fingerprint density at radius 1 is 1.53 bits per heavy atom. The van der Waals surface area contributed by atoms with Crippen molar-refractivity contribution >= 4 is 5.96 Å². The van der Waals surface area contributed by atoms with Gasteiger partial charge in [0.1, 0.15) is 0 Å². The number of hydrogen-bond donors (Lipinski definition) is 2. The number of ether oxygens (including phenoxy) is 1. The number of guanidine groups is 1. The normalized spacial score (nSPS) is 23.9. The third kappa shape index (κ3) is 3.38. The van der Waals surface area contributed by atoms with Gasteiger partial charge in [0.25, 0.3) is 0 Å². The smallest absolute Gasteiger partial charge is 0.188 e. The number of methoxy groups -OCH3 is 1. The van der Waals surface area contributed by atoms with E-state index in [9.17, 15) is 0 Å². The Hall–Kier alpha value is -0.770. The van der Waals surface area contributed by atoms with Crippen LogP contribution in [0.4, 0.5) is 0 Å². The van der Waals surface area contributed by atoms with Crippen molar-refractivity contribution in [2.45, 2.75) is 38.1 Å². The van der Waals surface area contributed by atoms with Gasteiger partial charge >= 0.3 is 0 Å². The molecule has 0 aromatic heterocycles. The second kappa shape index (κ2) is 4.39. The van der Waals surface area contributed by atoms with Gasteiger partial charge in [-0.2, -0.15) is 0 Å². The van der Waals surface area contributed by atoms with E-state index in [4.69, 9.17) is 10.5 Å². The monoisotopic (exact) mass is 211 g/mol. The average molecular weight is 211 g/mol. The van der Waals surface area contributed by atoms with Crippen LogP contribution in [0.3, 0.4) is 0 Å². The molecule has 4 nitrogen and oxygen atoms in total. The van der Waals surface area contributed by atoms with Crippen molar-refractivity contribution in [2.75, 3.05) is 20.3 Å². The van der Waals surface area contributed by atoms with Crippen molar-refractivity contribution in [3.63, 3.8) is 0 Å². The standard InChI is InChI=1S/C11H21N3O/c1-15-7-6-11(4-5-11)8-13-10(12)14-9-2-3-9/h9H,2-8H2,1H3,(H3,12,13,14). The molecule has 0 saturated heterocycles. The van der Waals surface area contributed by atoms with Gasteiger partial charge in [0.05, 0.1) is 0 Å². The number of aliphatic imine (C=N–C) groups is 1. The molecule has 15 heavy (non-hydrogen) atoms. The maximum absolute atomic E-state index is 5.79. The van der Waals surface area contributed by atoms with E-state index in [1.54, 1.807) is 7.11 Å². The van der Waals surface area contributed by atoms with E-state index in [0.29, 0.717) is 17.4 Å². The van der Waals surface area contributed by atoms with Gasteiger partial charge < -0.3 is 15.8 Å². The minimum atomic E-state index is 0.409. The first kappa shape index (κ1) is 10.7. The Kier molecular flexibility index (Phi) is 3.14. The summed E-state index contributed by atoms with van der Waals surface area (Å²) in [7, 11) is 1.75. The topological polar surface area (TPSA) is 59.6 Å². The van der Waals surface area contributed by atoms with Crippen molar-refractivity contribution in [1.82, 2.24) is 5.32 Å². The van der Waals surface area contributed by atoms with Gasteiger partial charge in [-0.1, -0.05) is 0 Å². The second-order valence-corrected chi connectivity index (χ2v) is 4.86. The first-order valence-electron chi connectivity index (χ1n) is 5.79. The maximum atomic E-state index is 5.79. The lowest BCUT2D eigenvalue weighted by Gasteiger charge is -2.12. The van der Waals surface area contributed by atoms with Crippen molar-refractivity contribution in [1.29, 1.82) is 0 Å². The molecule has 2 aliphatic carbocycles. The summed E-state index contributed by atoms with van der Waals surface area (Å²) < 4.78 is 5.10. The second-order valence-electron chi connectivity index (χ2n) is 4.86. The van der Waals surface area contributed by atoms with Crippen LogP contribution >= 0.6 is 0 Å². The third-order valence-electron chi connectivity index (χ3n) is 3.31. The van der Waals surface area contributed by atoms with Crippen LogP contribution in [0.1, 0.15) is 32.1 Å². The molecule has 2 fully saturated rings. The first-order valence-corrected chi connectivity index (χ1v) is 5.79. The highest BCUT2D eigenvalue weighted by Crippen LogP contribution is 2.48. The molecule has 0 amide bonds. The highest BCUT2D eigenvalue weighted by Gasteiger charge is 2.41. The zero-order valence-electron chi connectivity index (χ0n) is 9.46. The SMILES string of the molecule is COCCC1(CN=C(N)NC2CC2)CC1. The van der Waals surface area contributed by atoms with Gasteiger partial charge in [0.15, 0.2) is 5.96 Å². The molecule has 0 aromatic rings. The Labute approximate surface area is 91.3 Å². The predicted octanol–water partition coefficient (Wildman–Crippen LogP) is 0.870. The van der Waals surface area contributed by atoms with E-state index in [1.165, 1.54) is 25.7 Å². The molecule has 2 rings (SSSR count). The van der Waals surface area contributed by atoms with Crippen molar-refractivity contribution in [3.8, 4) is 0 Å². The molecule has 0 spiro atoms. The quantitative estimate of drug-likeness (QED) is 0.506. The largest absolute Gasteiger partial charge is 0.385 e. The number of hydrogen-bond acceptors (Lipinski definition) is 2. The molecule has 2 aliphatic rings. The maximum Gasteiger partial charge on any atom is 0.188 e. The summed E-state index contributed by atoms with van der Waals surface area (Å²) in [4.78, 5) is 4.42. The molecular formula is C11H21N3O. The minimum absolute atomic E-state index is 0.409. The summed E-state index contributed by atoms with van der Waals surface area (Å²) >= 11 is 0. The number of rotatable bonds is 6. The molecule has 3 N–H and O–H groups in total. The van der Waals surface area contributed by atoms with E-state index in [0.717, 1.165) is 19.6 Å². The van der Waals surface area contributed by atoms with Crippen LogP contribution in [-0.2, 0) is 4.74 Å². The molecule has 0 bridgehead atoms. The van der Waals surface area contributed by atoms with Crippen LogP contribution < -0.4 is 11.1 Å². The summed E-state index contributed by atoms with van der Waals surface area (Å²) in [6, 6.07) is 0.600. The Balaban J connectivity index is 1.70. The van der Waals surface area contributed by atoms with Crippen LogP contribution in [0.5, 0.6) is 0 Å². The third-order valence-corrected chi connectivity index (χ3v) is 3.31. The molecule has 4 heteroatoms. The fourth-order valence-electron chi connectivity index (χ4n) is 1.72. The molecule has 0 heterocycles. The van der Waals surface area contributed by atoms with E-state index in [1.807, 2.05) is 0 Å². The Bertz CT molecular complexity index is 244. The molecule has 0 aromatic carbocycles. The zero-order chi connectivity index (χ0) is 10.7. The van der Waals surface area contributed by atoms with Crippen LogP contribution in [0.25, 0.3) is 0 Å². The summed E-state index contributed by atoms with van der Waals surface area (Å²) in [6.07, 6.45) is 6.15. The van der Waals surface area contributed by atoms with Crippen LogP contribution in [0.2, 0.25) is 0 Å². The van der Waals surface area contributed by atoms with Gasteiger partial charge in [-0.25, -0.2) is 0 Å². The summed E-state index contributed by atoms with van der Waals surface area (Å²) in [5.74, 6) is 0.626. The van der Waals surface area contributed by atoms with E-state index < -0.39 is 0 Å². The van der Waals surface area contributed by atoms with Gasteiger partial charge in [0, 0.05) is 26.3 Å². The molecule has 2 saturated carbocycles. The predicted molar refractivity (Wildman–Crippen MR) is 60.8 cm³/mol. The Morgan fingerprint density at radius 2 is 2.27 bits per heavy atom. The van der Waals surface area contributed by atoms with Gasteiger partial charge in [-0.3, -0.25) is 4.99 Å². The molecule has 86 valence electrons. The lowest BCUT2D eigenvalue weighted by molar-refractivity contribution is 0.174. The summed E-state index contributed by atoms with van der Waals surface area (Å²) in [6.45, 7) is 1.70. The molecule has 0 unspecified atom stereocenters. The van der Waals surface area contributed by atoms with Crippen molar-refractivity contribution < 1.29 is 4.74 Å². The van der Waals surface area contributed by atoms with Crippen LogP contribution in [-0.4, -0.2) is 32.3 Å². The molecule has 0 atom stereocenters. The van der Waals surface area contributed by atoms with Gasteiger partial charge in [-0.05, 0) is 37.5 Å². The molecular weight excluding hydrogens is 190 g/mol. The van der Waals surface area contributed by atoms with E-state index >= 15 is 0 Å².